The van der Waals surface area contributed by atoms with Gasteiger partial charge in [-0.2, -0.15) is 5.10 Å². The Balaban J connectivity index is 1.48. The highest BCUT2D eigenvalue weighted by Crippen LogP contribution is 2.28. The van der Waals surface area contributed by atoms with Crippen molar-refractivity contribution in [2.24, 2.45) is 5.92 Å². The van der Waals surface area contributed by atoms with Gasteiger partial charge in [0.2, 0.25) is 5.95 Å². The van der Waals surface area contributed by atoms with Crippen LogP contribution < -0.4 is 0 Å². The third-order valence-corrected chi connectivity index (χ3v) is 5.01. The maximum Gasteiger partial charge on any atom is 0.229 e. The van der Waals surface area contributed by atoms with Crippen LogP contribution in [0.15, 0.2) is 66.9 Å². The van der Waals surface area contributed by atoms with E-state index in [0.29, 0.717) is 17.9 Å². The summed E-state index contributed by atoms with van der Waals surface area (Å²) in [6, 6.07) is 18.0. The number of H-pyrrole nitrogens is 1. The molecule has 1 atom stereocenters. The fourth-order valence-electron chi connectivity index (χ4n) is 3.64. The molecule has 5 heteroatoms. The van der Waals surface area contributed by atoms with E-state index >= 15 is 0 Å². The summed E-state index contributed by atoms with van der Waals surface area (Å²) in [6.45, 7) is 0. The first-order chi connectivity index (χ1) is 13.3. The molecule has 27 heavy (non-hydrogen) atoms. The smallest absolute Gasteiger partial charge is 0.229 e. The third kappa shape index (κ3) is 2.87. The van der Waals surface area contributed by atoms with Gasteiger partial charge >= 0.3 is 0 Å². The van der Waals surface area contributed by atoms with Crippen LogP contribution in [0.2, 0.25) is 0 Å². The van der Waals surface area contributed by atoms with Crippen molar-refractivity contribution >= 4 is 22.9 Å². The molecular weight excluding hydrogens is 336 g/mol. The van der Waals surface area contributed by atoms with E-state index in [1.165, 1.54) is 0 Å². The van der Waals surface area contributed by atoms with Crippen LogP contribution in [0, 0.1) is 5.92 Å². The van der Waals surface area contributed by atoms with Gasteiger partial charge in [0.15, 0.2) is 5.78 Å². The summed E-state index contributed by atoms with van der Waals surface area (Å²) in [5.74, 6) is 0.948. The highest BCUT2D eigenvalue weighted by Gasteiger charge is 2.28. The molecule has 1 aliphatic rings. The summed E-state index contributed by atoms with van der Waals surface area (Å²) in [4.78, 5) is 20.5. The molecule has 0 fully saturated rings. The average Bonchev–Trinajstić information content (AvgIpc) is 3.31. The minimum Gasteiger partial charge on any atom is -0.322 e. The van der Waals surface area contributed by atoms with Crippen LogP contribution in [0.4, 0.5) is 0 Å². The summed E-state index contributed by atoms with van der Waals surface area (Å²) < 4.78 is 1.77. The number of aromatic amines is 1. The molecule has 0 radical (unpaired) electrons. The Morgan fingerprint density at radius 3 is 2.70 bits per heavy atom. The first-order valence-corrected chi connectivity index (χ1v) is 9.06. The number of fused-ring (bicyclic) bond motifs is 2. The molecule has 0 bridgehead atoms. The normalized spacial score (nSPS) is 16.9. The maximum atomic E-state index is 12.6. The molecule has 132 valence electrons. The Bertz CT molecular complexity index is 1120. The fraction of sp³-hybridized carbons (Fsp3) is 0.136. The lowest BCUT2D eigenvalue weighted by molar-refractivity contribution is 0.0958. The lowest BCUT2D eigenvalue weighted by Gasteiger charge is -2.19. The van der Waals surface area contributed by atoms with E-state index in [0.717, 1.165) is 28.7 Å². The van der Waals surface area contributed by atoms with Crippen molar-refractivity contribution in [3.8, 4) is 5.95 Å². The summed E-state index contributed by atoms with van der Waals surface area (Å²) in [5, 5.41) is 4.44. The molecule has 2 aromatic carbocycles. The number of rotatable bonds is 3. The van der Waals surface area contributed by atoms with E-state index in [-0.39, 0.29) is 11.7 Å². The number of carbonyl (C=O) groups is 1. The van der Waals surface area contributed by atoms with Crippen molar-refractivity contribution in [2.75, 3.05) is 0 Å². The van der Waals surface area contributed by atoms with Crippen LogP contribution >= 0.6 is 0 Å². The van der Waals surface area contributed by atoms with Gasteiger partial charge in [-0.1, -0.05) is 54.6 Å². The molecule has 5 rings (SSSR count). The zero-order valence-electron chi connectivity index (χ0n) is 14.7. The molecule has 0 aliphatic heterocycles. The molecule has 1 N–H and O–H groups in total. The number of imidazole rings is 1. The van der Waals surface area contributed by atoms with Crippen molar-refractivity contribution in [1.29, 1.82) is 0 Å². The topological polar surface area (TPSA) is 63.6 Å². The Kier molecular flexibility index (Phi) is 3.71. The average molecular weight is 354 g/mol. The van der Waals surface area contributed by atoms with Gasteiger partial charge < -0.3 is 4.98 Å². The number of ketones is 1. The highest BCUT2D eigenvalue weighted by molar-refractivity contribution is 5.98. The van der Waals surface area contributed by atoms with Gasteiger partial charge in [0.1, 0.15) is 0 Å². The zero-order valence-corrected chi connectivity index (χ0v) is 14.7. The highest BCUT2D eigenvalue weighted by atomic mass is 16.1. The molecule has 4 aromatic rings. The minimum absolute atomic E-state index is 0.140. The molecule has 0 saturated heterocycles. The van der Waals surface area contributed by atoms with Crippen molar-refractivity contribution < 1.29 is 4.79 Å². The van der Waals surface area contributed by atoms with Crippen molar-refractivity contribution in [3.63, 3.8) is 0 Å². The van der Waals surface area contributed by atoms with Crippen molar-refractivity contribution in [3.05, 3.63) is 83.7 Å². The SMILES string of the molecule is O=C1C[C@@H](/C=C/c2ccccc2)Cc2c1cnn2-c1nc2ccccc2[nH]1. The zero-order chi connectivity index (χ0) is 18.2. The van der Waals surface area contributed by atoms with Crippen LogP contribution in [-0.4, -0.2) is 25.5 Å². The Morgan fingerprint density at radius 1 is 1.04 bits per heavy atom. The van der Waals surface area contributed by atoms with Gasteiger partial charge in [0.05, 0.1) is 28.5 Å². The number of nitrogens with zero attached hydrogens (tertiary/aromatic N) is 3. The third-order valence-electron chi connectivity index (χ3n) is 5.01. The van der Waals surface area contributed by atoms with E-state index < -0.39 is 0 Å². The summed E-state index contributed by atoms with van der Waals surface area (Å²) >= 11 is 0. The molecule has 0 amide bonds. The van der Waals surface area contributed by atoms with Crippen LogP contribution in [0.5, 0.6) is 0 Å². The predicted molar refractivity (Wildman–Crippen MR) is 105 cm³/mol. The summed E-state index contributed by atoms with van der Waals surface area (Å²) in [5.41, 5.74) is 4.62. The monoisotopic (exact) mass is 354 g/mol. The number of allylic oxidation sites excluding steroid dienone is 1. The molecule has 0 spiro atoms. The predicted octanol–water partition coefficient (Wildman–Crippen LogP) is 4.21. The Morgan fingerprint density at radius 2 is 1.85 bits per heavy atom. The van der Waals surface area contributed by atoms with Gasteiger partial charge in [0.25, 0.3) is 0 Å². The standard InChI is InChI=1S/C22H18N4O/c27-21-13-16(11-10-15-6-2-1-3-7-15)12-20-17(21)14-23-26(20)22-24-18-8-4-5-9-19(18)25-22/h1-11,14,16H,12-13H2,(H,24,25)/b11-10+/t16-/m0/s1. The molecular formula is C22H18N4O. The molecule has 2 heterocycles. The number of nitrogens with one attached hydrogen (secondary N) is 1. The van der Waals surface area contributed by atoms with Crippen LogP contribution in [0.3, 0.4) is 0 Å². The fourth-order valence-corrected chi connectivity index (χ4v) is 3.64. The van der Waals surface area contributed by atoms with Gasteiger partial charge in [-0.3, -0.25) is 4.79 Å². The van der Waals surface area contributed by atoms with E-state index in [1.54, 1.807) is 10.9 Å². The van der Waals surface area contributed by atoms with E-state index in [1.807, 2.05) is 42.5 Å². The van der Waals surface area contributed by atoms with E-state index in [9.17, 15) is 4.79 Å². The van der Waals surface area contributed by atoms with Crippen LogP contribution in [0.25, 0.3) is 23.1 Å². The number of aromatic nitrogens is 4. The second-order valence-electron chi connectivity index (χ2n) is 6.86. The largest absolute Gasteiger partial charge is 0.322 e. The number of hydrogen-bond donors (Lipinski definition) is 1. The molecule has 0 unspecified atom stereocenters. The lowest BCUT2D eigenvalue weighted by atomic mass is 9.86. The molecule has 0 saturated carbocycles. The lowest BCUT2D eigenvalue weighted by Crippen LogP contribution is -2.20. The number of hydrogen-bond acceptors (Lipinski definition) is 3. The molecule has 5 nitrogen and oxygen atoms in total. The van der Waals surface area contributed by atoms with Crippen molar-refractivity contribution in [1.82, 2.24) is 19.7 Å². The first kappa shape index (κ1) is 15.8. The first-order valence-electron chi connectivity index (χ1n) is 9.06. The second kappa shape index (κ2) is 6.36. The van der Waals surface area contributed by atoms with Gasteiger partial charge in [0, 0.05) is 6.42 Å². The van der Waals surface area contributed by atoms with Crippen LogP contribution in [0.1, 0.15) is 28.0 Å². The number of Topliss-reactive ketones (excluding diaryl/α,β-unsaturated/α-hetero) is 1. The van der Waals surface area contributed by atoms with E-state index in [4.69, 9.17) is 0 Å². The van der Waals surface area contributed by atoms with Crippen LogP contribution in [-0.2, 0) is 6.42 Å². The quantitative estimate of drug-likeness (QED) is 0.599. The van der Waals surface area contributed by atoms with E-state index in [2.05, 4.69) is 39.4 Å². The number of benzene rings is 2. The molecule has 2 aromatic heterocycles. The van der Waals surface area contributed by atoms with Crippen molar-refractivity contribution in [2.45, 2.75) is 12.8 Å². The van der Waals surface area contributed by atoms with Gasteiger partial charge in [-0.15, -0.1) is 0 Å². The minimum atomic E-state index is 0.140. The number of carbonyl (C=O) groups excluding carboxylic acids is 1. The summed E-state index contributed by atoms with van der Waals surface area (Å²) in [7, 11) is 0. The molecule has 1 aliphatic carbocycles. The Labute approximate surface area is 156 Å². The summed E-state index contributed by atoms with van der Waals surface area (Å²) in [6.07, 6.45) is 7.17. The Hall–Kier alpha value is -3.47. The number of para-hydroxylation sites is 2. The second-order valence-corrected chi connectivity index (χ2v) is 6.86. The van der Waals surface area contributed by atoms with Gasteiger partial charge in [-0.25, -0.2) is 9.67 Å². The maximum absolute atomic E-state index is 12.6. The van der Waals surface area contributed by atoms with Gasteiger partial charge in [-0.05, 0) is 30.0 Å².